The van der Waals surface area contributed by atoms with Gasteiger partial charge in [-0.2, -0.15) is 0 Å². The molecule has 0 atom stereocenters. The Hall–Kier alpha value is -3.92. The van der Waals surface area contributed by atoms with Crippen LogP contribution >= 0.6 is 0 Å². The smallest absolute Gasteiger partial charge is 0.271 e. The topological polar surface area (TPSA) is 119 Å². The molecule has 0 aromatic heterocycles. The van der Waals surface area contributed by atoms with Crippen LogP contribution in [-0.2, 0) is 10.0 Å². The summed E-state index contributed by atoms with van der Waals surface area (Å²) in [6.07, 6.45) is 0. The molecule has 0 aliphatic carbocycles. The Morgan fingerprint density at radius 3 is 2.35 bits per heavy atom. The van der Waals surface area contributed by atoms with Gasteiger partial charge in [0, 0.05) is 30.4 Å². The highest BCUT2D eigenvalue weighted by molar-refractivity contribution is 7.92. The Labute approximate surface area is 179 Å². The highest BCUT2D eigenvalue weighted by Crippen LogP contribution is 2.25. The Kier molecular flexibility index (Phi) is 6.21. The molecule has 0 heterocycles. The van der Waals surface area contributed by atoms with E-state index in [0.29, 0.717) is 11.4 Å². The number of hydrogen-bond acceptors (Lipinski definition) is 6. The number of methoxy groups -OCH3 is 1. The number of nitrogens with one attached hydrogen (secondary N) is 1. The number of hydrogen-bond donors (Lipinski definition) is 1. The molecule has 1 amide bonds. The number of nitrogens with zero attached hydrogens (tertiary/aromatic N) is 2. The summed E-state index contributed by atoms with van der Waals surface area (Å²) in [5.41, 5.74) is 0.570. The fourth-order valence-corrected chi connectivity index (χ4v) is 4.03. The quantitative estimate of drug-likeness (QED) is 0.441. The third kappa shape index (κ3) is 4.81. The van der Waals surface area contributed by atoms with Crippen molar-refractivity contribution < 1.29 is 22.9 Å². The van der Waals surface area contributed by atoms with Gasteiger partial charge in [0.1, 0.15) is 5.75 Å². The third-order valence-electron chi connectivity index (χ3n) is 4.51. The minimum absolute atomic E-state index is 0.0717. The summed E-state index contributed by atoms with van der Waals surface area (Å²) < 4.78 is 32.2. The second-order valence-electron chi connectivity index (χ2n) is 6.46. The van der Waals surface area contributed by atoms with E-state index in [1.54, 1.807) is 24.3 Å². The minimum atomic E-state index is -3.94. The first-order chi connectivity index (χ1) is 14.7. The second kappa shape index (κ2) is 8.84. The van der Waals surface area contributed by atoms with Gasteiger partial charge in [-0.1, -0.05) is 12.1 Å². The van der Waals surface area contributed by atoms with E-state index in [4.69, 9.17) is 4.74 Å². The van der Waals surface area contributed by atoms with Gasteiger partial charge in [0.25, 0.3) is 21.6 Å². The molecule has 31 heavy (non-hydrogen) atoms. The number of amides is 1. The first-order valence-electron chi connectivity index (χ1n) is 9.01. The van der Waals surface area contributed by atoms with Crippen molar-refractivity contribution in [1.82, 2.24) is 0 Å². The normalized spacial score (nSPS) is 10.9. The molecular formula is C21H19N3O6S. The highest BCUT2D eigenvalue weighted by Gasteiger charge is 2.22. The van der Waals surface area contributed by atoms with E-state index in [2.05, 4.69) is 5.32 Å². The molecule has 3 rings (SSSR count). The number of carbonyl (C=O) groups is 1. The number of sulfonamides is 1. The number of benzene rings is 3. The predicted molar refractivity (Wildman–Crippen MR) is 116 cm³/mol. The summed E-state index contributed by atoms with van der Waals surface area (Å²) in [4.78, 5) is 22.8. The van der Waals surface area contributed by atoms with Crippen molar-refractivity contribution in [2.75, 3.05) is 23.8 Å². The molecule has 160 valence electrons. The van der Waals surface area contributed by atoms with Gasteiger partial charge < -0.3 is 10.1 Å². The SMILES string of the molecule is COc1ccc(N(C)S(=O)(=O)c2cccc(C(=O)Nc3cccc([N+](=O)[O-])c3)c2)cc1. The number of anilines is 2. The lowest BCUT2D eigenvalue weighted by Crippen LogP contribution is -2.26. The minimum Gasteiger partial charge on any atom is -0.497 e. The van der Waals surface area contributed by atoms with Gasteiger partial charge in [0.2, 0.25) is 0 Å². The molecule has 10 heteroatoms. The van der Waals surface area contributed by atoms with Gasteiger partial charge in [-0.3, -0.25) is 19.2 Å². The van der Waals surface area contributed by atoms with E-state index in [-0.39, 0.29) is 21.8 Å². The van der Waals surface area contributed by atoms with E-state index in [1.165, 1.54) is 62.7 Å². The molecule has 0 aliphatic rings. The van der Waals surface area contributed by atoms with Crippen LogP contribution in [0.3, 0.4) is 0 Å². The van der Waals surface area contributed by atoms with Crippen LogP contribution in [0.15, 0.2) is 77.7 Å². The van der Waals surface area contributed by atoms with E-state index in [9.17, 15) is 23.3 Å². The van der Waals surface area contributed by atoms with Crippen molar-refractivity contribution >= 4 is 33.0 Å². The molecule has 1 N–H and O–H groups in total. The lowest BCUT2D eigenvalue weighted by Gasteiger charge is -2.20. The summed E-state index contributed by atoms with van der Waals surface area (Å²) >= 11 is 0. The molecule has 0 aliphatic heterocycles. The van der Waals surface area contributed by atoms with Crippen molar-refractivity contribution in [2.45, 2.75) is 4.90 Å². The monoisotopic (exact) mass is 441 g/mol. The van der Waals surface area contributed by atoms with Crippen LogP contribution in [0.5, 0.6) is 5.75 Å². The number of non-ortho nitro benzene ring substituents is 1. The van der Waals surface area contributed by atoms with E-state index >= 15 is 0 Å². The zero-order chi connectivity index (χ0) is 22.6. The molecule has 0 saturated carbocycles. The zero-order valence-electron chi connectivity index (χ0n) is 16.7. The average Bonchev–Trinajstić information content (AvgIpc) is 2.78. The van der Waals surface area contributed by atoms with Crippen molar-refractivity contribution in [3.05, 3.63) is 88.5 Å². The van der Waals surface area contributed by atoms with Crippen molar-refractivity contribution in [1.29, 1.82) is 0 Å². The second-order valence-corrected chi connectivity index (χ2v) is 8.43. The van der Waals surface area contributed by atoms with Crippen molar-refractivity contribution in [2.24, 2.45) is 0 Å². The first kappa shape index (κ1) is 21.8. The van der Waals surface area contributed by atoms with Crippen molar-refractivity contribution in [3.8, 4) is 5.75 Å². The molecule has 0 saturated heterocycles. The van der Waals surface area contributed by atoms with Crippen LogP contribution in [0.4, 0.5) is 17.1 Å². The number of ether oxygens (including phenoxy) is 1. The number of nitro groups is 1. The maximum Gasteiger partial charge on any atom is 0.271 e. The molecule has 0 bridgehead atoms. The number of nitro benzene ring substituents is 1. The van der Waals surface area contributed by atoms with E-state index < -0.39 is 20.9 Å². The average molecular weight is 441 g/mol. The first-order valence-corrected chi connectivity index (χ1v) is 10.5. The molecule has 3 aromatic rings. The standard InChI is InChI=1S/C21H19N3O6S/c1-23(17-9-11-19(30-2)12-10-17)31(28,29)20-8-3-5-15(13-20)21(25)22-16-6-4-7-18(14-16)24(26)27/h3-14H,1-2H3,(H,22,25). The summed E-state index contributed by atoms with van der Waals surface area (Å²) in [5.74, 6) is -0.000913. The van der Waals surface area contributed by atoms with E-state index in [0.717, 1.165) is 4.31 Å². The number of carbonyl (C=O) groups excluding carboxylic acids is 1. The molecule has 0 unspecified atom stereocenters. The molecule has 0 spiro atoms. The van der Waals surface area contributed by atoms with Crippen LogP contribution in [0, 0.1) is 10.1 Å². The highest BCUT2D eigenvalue weighted by atomic mass is 32.2. The Morgan fingerprint density at radius 2 is 1.71 bits per heavy atom. The zero-order valence-corrected chi connectivity index (χ0v) is 17.5. The largest absolute Gasteiger partial charge is 0.497 e. The van der Waals surface area contributed by atoms with Crippen LogP contribution in [-0.4, -0.2) is 33.4 Å². The van der Waals surface area contributed by atoms with Crippen LogP contribution < -0.4 is 14.4 Å². The fourth-order valence-electron chi connectivity index (χ4n) is 2.79. The van der Waals surface area contributed by atoms with Gasteiger partial charge in [0.05, 0.1) is 22.6 Å². The maximum absolute atomic E-state index is 13.0. The van der Waals surface area contributed by atoms with Crippen molar-refractivity contribution in [3.63, 3.8) is 0 Å². The van der Waals surface area contributed by atoms with Gasteiger partial charge in [-0.15, -0.1) is 0 Å². The van der Waals surface area contributed by atoms with Crippen LogP contribution in [0.1, 0.15) is 10.4 Å². The lowest BCUT2D eigenvalue weighted by molar-refractivity contribution is -0.384. The van der Waals surface area contributed by atoms with Crippen LogP contribution in [0.25, 0.3) is 0 Å². The summed E-state index contributed by atoms with van der Waals surface area (Å²) in [5, 5.41) is 13.4. The van der Waals surface area contributed by atoms with E-state index in [1.807, 2.05) is 0 Å². The van der Waals surface area contributed by atoms with Gasteiger partial charge in [-0.05, 0) is 48.5 Å². The number of rotatable bonds is 7. The Bertz CT molecular complexity index is 1230. The molecule has 3 aromatic carbocycles. The Balaban J connectivity index is 1.85. The maximum atomic E-state index is 13.0. The molecule has 9 nitrogen and oxygen atoms in total. The molecular weight excluding hydrogens is 422 g/mol. The summed E-state index contributed by atoms with van der Waals surface area (Å²) in [6, 6.07) is 17.5. The van der Waals surface area contributed by atoms with Crippen LogP contribution in [0.2, 0.25) is 0 Å². The third-order valence-corrected chi connectivity index (χ3v) is 6.29. The molecule has 0 radical (unpaired) electrons. The Morgan fingerprint density at radius 1 is 1.03 bits per heavy atom. The van der Waals surface area contributed by atoms with Gasteiger partial charge >= 0.3 is 0 Å². The summed E-state index contributed by atoms with van der Waals surface area (Å²) in [7, 11) is -1.01. The lowest BCUT2D eigenvalue weighted by atomic mass is 10.2. The predicted octanol–water partition coefficient (Wildman–Crippen LogP) is 3.68. The van der Waals surface area contributed by atoms with Gasteiger partial charge in [0.15, 0.2) is 0 Å². The van der Waals surface area contributed by atoms with Gasteiger partial charge in [-0.25, -0.2) is 8.42 Å². The summed E-state index contributed by atoms with van der Waals surface area (Å²) in [6.45, 7) is 0. The fraction of sp³-hybridized carbons (Fsp3) is 0.0952. The molecule has 0 fully saturated rings.